The molecule has 6 fully saturated rings. The summed E-state index contributed by atoms with van der Waals surface area (Å²) < 4.78 is 203. The lowest BCUT2D eigenvalue weighted by molar-refractivity contribution is -0.244. The zero-order chi connectivity index (χ0) is 92.0. The number of nitrogens with two attached hydrogens (primary N) is 1. The Hall–Kier alpha value is -8.20. The third kappa shape index (κ3) is 37.0. The first-order valence-corrected chi connectivity index (χ1v) is 39.7. The van der Waals surface area contributed by atoms with Gasteiger partial charge in [-0.15, -0.1) is 0 Å². The standard InChI is InChI=1S/C19H25F3N2O4.C14H22F3NO4.C13H23NO4.C12H18F3NO4.C11H19F3N2O2.C8H15NO2.C2H6/c1-17(2,3)28-16(26)24-11-9-18(10-12-24,19(20,21)22)23-15(25)27-13-14-7-5-4-6-8-14;1-5-21-10(19)13(14(15,16)17)6-8-18(9-7-13)11(20)22-12(2,3)4;1-5-17-11(15)10-6-8-14(9-7-10)12(16)18-13(2,3)4;1-10(2,3)20-9(19)16-6-4-11(5-7-16,8(17)18)12(13,14)15;1-9(2,3)18-8(17)16-6-4-10(15,5-7-16)11(12,13)14;1-2-11-8(10)7-3-5-9-6-4-7;1-2/h4-8H,9-13H2,1-3H3,(H,23,25);5-9H2,1-4H3;10H,5-9H2,1-4H3;4-7H2,1-3H3,(H,17,18);4-7,15H2,1-3H3;7,9H,2-6H2,1H3;1-2H3. The number of nitrogens with zero attached hydrogens (tertiary/aromatic N) is 5. The van der Waals surface area contributed by atoms with Crippen LogP contribution in [0, 0.1) is 22.7 Å². The molecule has 119 heavy (non-hydrogen) atoms. The Bertz CT molecular complexity index is 3320. The van der Waals surface area contributed by atoms with Crippen molar-refractivity contribution in [2.24, 2.45) is 28.4 Å². The molecule has 6 saturated heterocycles. The van der Waals surface area contributed by atoms with E-state index in [1.807, 2.05) is 46.9 Å². The van der Waals surface area contributed by atoms with Crippen molar-refractivity contribution >= 4 is 60.4 Å². The lowest BCUT2D eigenvalue weighted by atomic mass is 9.77. The molecule has 5 N–H and O–H groups in total. The first-order chi connectivity index (χ1) is 54.4. The van der Waals surface area contributed by atoms with Crippen molar-refractivity contribution in [1.82, 2.24) is 35.1 Å². The van der Waals surface area contributed by atoms with Gasteiger partial charge < -0.3 is 88.6 Å². The molecule has 6 amide bonds. The number of nitrogens with one attached hydrogen (secondary N) is 2. The van der Waals surface area contributed by atoms with E-state index >= 15 is 0 Å². The van der Waals surface area contributed by atoms with Gasteiger partial charge in [-0.25, -0.2) is 28.8 Å². The Balaban J connectivity index is 0.000000723. The van der Waals surface area contributed by atoms with E-state index < -0.39 is 156 Å². The number of alkyl carbamates (subject to hydrolysis) is 1. The number of carboxylic acid groups (broad SMARTS) is 1. The molecule has 0 atom stereocenters. The number of carbonyl (C=O) groups is 10. The maximum Gasteiger partial charge on any atom is 0.411 e. The first kappa shape index (κ1) is 109. The Labute approximate surface area is 690 Å². The van der Waals surface area contributed by atoms with Gasteiger partial charge in [-0.05, 0) is 220 Å². The van der Waals surface area contributed by atoms with Gasteiger partial charge in [0.2, 0.25) is 0 Å². The number of esters is 3. The van der Waals surface area contributed by atoms with E-state index in [0.29, 0.717) is 44.7 Å². The molecule has 6 aliphatic rings. The highest BCUT2D eigenvalue weighted by molar-refractivity contribution is 5.79. The van der Waals surface area contributed by atoms with Crippen molar-refractivity contribution in [2.75, 3.05) is 98.4 Å². The molecule has 0 radical (unpaired) electrons. The van der Waals surface area contributed by atoms with Gasteiger partial charge in [0.1, 0.15) is 45.7 Å². The molecule has 688 valence electrons. The van der Waals surface area contributed by atoms with Crippen LogP contribution in [-0.4, -0.2) is 252 Å². The molecule has 0 unspecified atom stereocenters. The third-order valence-electron chi connectivity index (χ3n) is 18.7. The van der Waals surface area contributed by atoms with Gasteiger partial charge in [-0.3, -0.25) is 19.2 Å². The summed E-state index contributed by atoms with van der Waals surface area (Å²) in [5.41, 5.74) is -7.30. The Morgan fingerprint density at radius 1 is 0.412 bits per heavy atom. The zero-order valence-electron chi connectivity index (χ0n) is 72.4. The van der Waals surface area contributed by atoms with Crippen molar-refractivity contribution < 1.29 is 148 Å². The van der Waals surface area contributed by atoms with Crippen LogP contribution in [0.5, 0.6) is 0 Å². The van der Waals surface area contributed by atoms with E-state index in [-0.39, 0.29) is 108 Å². The summed E-state index contributed by atoms with van der Waals surface area (Å²) in [6, 6.07) is 8.65. The number of halogens is 12. The van der Waals surface area contributed by atoms with Crippen LogP contribution in [0.25, 0.3) is 0 Å². The van der Waals surface area contributed by atoms with Crippen molar-refractivity contribution in [3.8, 4) is 0 Å². The Morgan fingerprint density at radius 2 is 0.706 bits per heavy atom. The quantitative estimate of drug-likeness (QED) is 0.0960. The summed E-state index contributed by atoms with van der Waals surface area (Å²) in [5, 5.41) is 14.1. The summed E-state index contributed by atoms with van der Waals surface area (Å²) in [7, 11) is 0. The van der Waals surface area contributed by atoms with Gasteiger partial charge in [0.25, 0.3) is 0 Å². The van der Waals surface area contributed by atoms with Gasteiger partial charge in [-0.1, -0.05) is 44.2 Å². The number of carboxylic acids is 1. The Kier molecular flexibility index (Phi) is 42.2. The smallest absolute Gasteiger partial charge is 0.411 e. The van der Waals surface area contributed by atoms with Gasteiger partial charge in [0.05, 0.1) is 31.7 Å². The van der Waals surface area contributed by atoms with E-state index in [1.54, 1.807) is 125 Å². The number of alkyl halides is 12. The monoisotopic (exact) mass is 1740 g/mol. The van der Waals surface area contributed by atoms with Crippen LogP contribution in [0.2, 0.25) is 0 Å². The van der Waals surface area contributed by atoms with Crippen LogP contribution < -0.4 is 16.4 Å². The van der Waals surface area contributed by atoms with Gasteiger partial charge in [0.15, 0.2) is 10.8 Å². The SMILES string of the molecule is CC.CC(C)(C)OC(=O)N1CCC(C(=O)O)(C(F)(F)F)CC1.CC(C)(C)OC(=O)N1CCC(N)(C(F)(F)F)CC1.CC(C)(C)OC(=O)N1CCC(NC(=O)OCc2ccccc2)(C(F)(F)F)CC1.CCOC(=O)C1(C(F)(F)F)CCN(C(=O)OC(C)(C)C)CC1.CCOC(=O)C1CCN(C(=O)OC(C)(C)C)CC1.CCOC(=O)C1CCNCC1. The highest BCUT2D eigenvalue weighted by Crippen LogP contribution is 2.49. The lowest BCUT2D eigenvalue weighted by Gasteiger charge is -2.42. The molecule has 7 rings (SSSR count). The molecule has 28 nitrogen and oxygen atoms in total. The average molecular weight is 1740 g/mol. The maximum atomic E-state index is 13.7. The van der Waals surface area contributed by atoms with E-state index in [9.17, 15) is 101 Å². The summed E-state index contributed by atoms with van der Waals surface area (Å²) in [5.74, 6) is -3.27. The largest absolute Gasteiger partial charge is 0.481 e. The average Bonchev–Trinajstić information content (AvgIpc) is 0.776. The van der Waals surface area contributed by atoms with E-state index in [4.69, 9.17) is 48.7 Å². The number of rotatable bonds is 10. The number of likely N-dealkylation sites (tertiary alicyclic amines) is 5. The fourth-order valence-corrected chi connectivity index (χ4v) is 12.0. The number of aliphatic carboxylic acids is 1. The lowest BCUT2D eigenvalue weighted by Crippen LogP contribution is -2.64. The highest BCUT2D eigenvalue weighted by atomic mass is 19.4. The number of hydrogen-bond acceptors (Lipinski definition) is 21. The third-order valence-corrected chi connectivity index (χ3v) is 18.7. The normalized spacial score (nSPS) is 18.4. The second kappa shape index (κ2) is 46.2. The number of piperidine rings is 6. The minimum Gasteiger partial charge on any atom is -0.481 e. The van der Waals surface area contributed by atoms with Crippen molar-refractivity contribution in [3.63, 3.8) is 0 Å². The summed E-state index contributed by atoms with van der Waals surface area (Å²) in [6.45, 7) is 37.0. The minimum absolute atomic E-state index is 0.0194. The van der Waals surface area contributed by atoms with Crippen LogP contribution in [0.3, 0.4) is 0 Å². The van der Waals surface area contributed by atoms with E-state index in [0.717, 1.165) is 30.8 Å². The van der Waals surface area contributed by atoms with Crippen LogP contribution >= 0.6 is 0 Å². The van der Waals surface area contributed by atoms with Crippen molar-refractivity contribution in [3.05, 3.63) is 35.9 Å². The number of hydrogen-bond donors (Lipinski definition) is 4. The number of amides is 6. The molecule has 0 aromatic heterocycles. The molecule has 0 aliphatic carbocycles. The molecule has 0 saturated carbocycles. The van der Waals surface area contributed by atoms with Crippen molar-refractivity contribution in [2.45, 2.75) is 286 Å². The molecule has 40 heteroatoms. The van der Waals surface area contributed by atoms with E-state index in [2.05, 4.69) is 10.1 Å². The predicted molar refractivity (Wildman–Crippen MR) is 412 cm³/mol. The van der Waals surface area contributed by atoms with Crippen LogP contribution in [0.4, 0.5) is 81.5 Å². The van der Waals surface area contributed by atoms with Crippen LogP contribution in [0.15, 0.2) is 30.3 Å². The molecule has 1 aromatic carbocycles. The Morgan fingerprint density at radius 3 is 0.992 bits per heavy atom. The minimum atomic E-state index is -4.83. The van der Waals surface area contributed by atoms with Crippen LogP contribution in [0.1, 0.15) is 221 Å². The molecule has 6 aliphatic heterocycles. The van der Waals surface area contributed by atoms with Gasteiger partial charge in [-0.2, -0.15) is 52.7 Å². The number of benzene rings is 1. The molecule has 6 heterocycles. The number of carbonyl (C=O) groups excluding carboxylic acids is 9. The van der Waals surface area contributed by atoms with E-state index in [1.165, 1.54) is 21.6 Å². The topological polar surface area (TPSA) is 340 Å². The zero-order valence-corrected chi connectivity index (χ0v) is 72.4. The second-order valence-electron chi connectivity index (χ2n) is 33.7. The summed E-state index contributed by atoms with van der Waals surface area (Å²) >= 11 is 0. The van der Waals surface area contributed by atoms with Crippen LogP contribution in [-0.2, 0) is 68.4 Å². The molecule has 1 aromatic rings. The highest BCUT2D eigenvalue weighted by Gasteiger charge is 2.64. The fourth-order valence-electron chi connectivity index (χ4n) is 12.0. The molecular weight excluding hydrogens is 1610 g/mol. The molecular formula is C79H128F12N8O20. The fraction of sp³-hybridized carbons (Fsp3) is 0.797. The molecule has 0 spiro atoms. The first-order valence-electron chi connectivity index (χ1n) is 39.7. The second-order valence-corrected chi connectivity index (χ2v) is 33.7. The maximum absolute atomic E-state index is 13.7. The summed E-state index contributed by atoms with van der Waals surface area (Å²) in [4.78, 5) is 123. The van der Waals surface area contributed by atoms with Gasteiger partial charge in [0, 0.05) is 65.4 Å². The summed E-state index contributed by atoms with van der Waals surface area (Å²) in [6.07, 6.45) is -23.5. The van der Waals surface area contributed by atoms with Crippen molar-refractivity contribution in [1.29, 1.82) is 0 Å². The predicted octanol–water partition coefficient (Wildman–Crippen LogP) is 16.1. The number of ether oxygens (including phenoxy) is 9. The van der Waals surface area contributed by atoms with Gasteiger partial charge >= 0.3 is 85.1 Å². The molecule has 0 bridgehead atoms.